The van der Waals surface area contributed by atoms with Gasteiger partial charge >= 0.3 is 5.30 Å². The van der Waals surface area contributed by atoms with Gasteiger partial charge in [-0.3, -0.25) is 0 Å². The minimum Gasteiger partial charge on any atom is -0.461 e. The van der Waals surface area contributed by atoms with Gasteiger partial charge in [0.1, 0.15) is 0 Å². The Hall–Kier alpha value is -0.220. The largest absolute Gasteiger partial charge is 0.461 e. The Balaban J connectivity index is 2.08. The van der Waals surface area contributed by atoms with Crippen LogP contribution >= 0.6 is 11.8 Å². The molecule has 1 heterocycles. The van der Waals surface area contributed by atoms with Crippen LogP contribution in [0.5, 0.6) is 0 Å². The summed E-state index contributed by atoms with van der Waals surface area (Å²) in [4.78, 5) is 11.7. The van der Waals surface area contributed by atoms with E-state index in [2.05, 4.69) is 5.32 Å². The molecule has 1 unspecified atom stereocenters. The first-order valence-electron chi connectivity index (χ1n) is 7.24. The number of ether oxygens (including phenoxy) is 1. The molecule has 0 aromatic rings. The van der Waals surface area contributed by atoms with E-state index in [9.17, 15) is 4.79 Å². The van der Waals surface area contributed by atoms with Gasteiger partial charge in [-0.25, -0.2) is 4.79 Å². The van der Waals surface area contributed by atoms with Crippen LogP contribution in [0.4, 0.5) is 4.79 Å². The van der Waals surface area contributed by atoms with Crippen molar-refractivity contribution in [2.45, 2.75) is 56.1 Å². The molecule has 0 amide bonds. The standard InChI is InChI=1S/C14H25NO2S/c1-17-13(16)18-14(9-6-10-15-11-14)12-7-4-2-3-5-8-12/h12,15H,2-11H2,1H3. The van der Waals surface area contributed by atoms with Crippen molar-refractivity contribution in [2.75, 3.05) is 20.2 Å². The van der Waals surface area contributed by atoms with Gasteiger partial charge < -0.3 is 10.1 Å². The molecule has 1 aliphatic carbocycles. The van der Waals surface area contributed by atoms with E-state index < -0.39 is 0 Å². The third-order valence-electron chi connectivity index (χ3n) is 4.43. The first-order chi connectivity index (χ1) is 8.77. The summed E-state index contributed by atoms with van der Waals surface area (Å²) in [5.74, 6) is 0.678. The maximum absolute atomic E-state index is 11.7. The number of hydrogen-bond donors (Lipinski definition) is 1. The van der Waals surface area contributed by atoms with Crippen LogP contribution in [0, 0.1) is 5.92 Å². The van der Waals surface area contributed by atoms with Crippen molar-refractivity contribution in [3.05, 3.63) is 0 Å². The Morgan fingerprint density at radius 1 is 1.22 bits per heavy atom. The minimum absolute atomic E-state index is 0.0929. The van der Waals surface area contributed by atoms with Crippen molar-refractivity contribution in [1.82, 2.24) is 5.32 Å². The Bertz CT molecular complexity index is 269. The summed E-state index contributed by atoms with van der Waals surface area (Å²) in [7, 11) is 1.49. The summed E-state index contributed by atoms with van der Waals surface area (Å²) >= 11 is 1.46. The molecule has 0 spiro atoms. The predicted octanol–water partition coefficient (Wildman–Crippen LogP) is 3.58. The topological polar surface area (TPSA) is 38.3 Å². The lowest BCUT2D eigenvalue weighted by Crippen LogP contribution is -2.49. The van der Waals surface area contributed by atoms with Crippen molar-refractivity contribution in [3.63, 3.8) is 0 Å². The van der Waals surface area contributed by atoms with Crippen molar-refractivity contribution >= 4 is 17.1 Å². The molecule has 1 atom stereocenters. The predicted molar refractivity (Wildman–Crippen MR) is 76.0 cm³/mol. The summed E-state index contributed by atoms with van der Waals surface area (Å²) in [5.41, 5.74) is 0. The molecular formula is C14H25NO2S. The average molecular weight is 271 g/mol. The van der Waals surface area contributed by atoms with E-state index >= 15 is 0 Å². The molecule has 2 aliphatic rings. The Labute approximate surface area is 114 Å². The minimum atomic E-state index is -0.108. The monoisotopic (exact) mass is 271 g/mol. The summed E-state index contributed by atoms with van der Waals surface area (Å²) in [6.45, 7) is 2.06. The second-order valence-electron chi connectivity index (χ2n) is 5.59. The maximum Gasteiger partial charge on any atom is 0.367 e. The fourth-order valence-corrected chi connectivity index (χ4v) is 4.67. The number of carbonyl (C=O) groups excluding carboxylic acids is 1. The van der Waals surface area contributed by atoms with Crippen molar-refractivity contribution in [1.29, 1.82) is 0 Å². The molecule has 0 radical (unpaired) electrons. The second-order valence-corrected chi connectivity index (χ2v) is 6.94. The third-order valence-corrected chi connectivity index (χ3v) is 5.85. The number of methoxy groups -OCH3 is 1. The SMILES string of the molecule is COC(=O)SC1(C2CCCCCC2)CCCNC1. The van der Waals surface area contributed by atoms with Crippen LogP contribution in [0.3, 0.4) is 0 Å². The van der Waals surface area contributed by atoms with E-state index in [0.717, 1.165) is 19.5 Å². The summed E-state index contributed by atoms with van der Waals surface area (Å²) in [6, 6.07) is 0. The highest BCUT2D eigenvalue weighted by molar-refractivity contribution is 8.14. The maximum atomic E-state index is 11.7. The van der Waals surface area contributed by atoms with Crippen LogP contribution < -0.4 is 5.32 Å². The van der Waals surface area contributed by atoms with Gasteiger partial charge in [0.05, 0.1) is 7.11 Å². The van der Waals surface area contributed by atoms with Crippen LogP contribution in [-0.4, -0.2) is 30.2 Å². The van der Waals surface area contributed by atoms with Gasteiger partial charge in [0, 0.05) is 11.3 Å². The fourth-order valence-electron chi connectivity index (χ4n) is 3.43. The molecule has 2 fully saturated rings. The van der Waals surface area contributed by atoms with E-state index in [-0.39, 0.29) is 10.0 Å². The summed E-state index contributed by atoms with van der Waals surface area (Å²) in [6.07, 6.45) is 10.3. The lowest BCUT2D eigenvalue weighted by molar-refractivity contribution is 0.198. The normalized spacial score (nSPS) is 30.7. The van der Waals surface area contributed by atoms with Crippen molar-refractivity contribution in [3.8, 4) is 0 Å². The molecule has 1 saturated carbocycles. The first kappa shape index (κ1) is 14.2. The third kappa shape index (κ3) is 3.41. The lowest BCUT2D eigenvalue weighted by Gasteiger charge is -2.42. The molecule has 0 aromatic carbocycles. The molecule has 4 heteroatoms. The Kier molecular flexibility index (Phi) is 5.37. The first-order valence-corrected chi connectivity index (χ1v) is 8.06. The average Bonchev–Trinajstić information content (AvgIpc) is 2.69. The zero-order valence-electron chi connectivity index (χ0n) is 11.4. The quantitative estimate of drug-likeness (QED) is 0.615. The van der Waals surface area contributed by atoms with E-state index in [1.54, 1.807) is 0 Å². The van der Waals surface area contributed by atoms with Gasteiger partial charge in [-0.2, -0.15) is 0 Å². The van der Waals surface area contributed by atoms with Crippen LogP contribution in [0.1, 0.15) is 51.4 Å². The fraction of sp³-hybridized carbons (Fsp3) is 0.929. The van der Waals surface area contributed by atoms with Gasteiger partial charge in [0.15, 0.2) is 0 Å². The molecule has 104 valence electrons. The van der Waals surface area contributed by atoms with Gasteiger partial charge in [-0.05, 0) is 49.9 Å². The number of rotatable bonds is 2. The van der Waals surface area contributed by atoms with Gasteiger partial charge in [0.2, 0.25) is 0 Å². The van der Waals surface area contributed by atoms with Crippen LogP contribution in [0.15, 0.2) is 0 Å². The molecule has 1 saturated heterocycles. The zero-order chi connectivity index (χ0) is 12.8. The van der Waals surface area contributed by atoms with Gasteiger partial charge in [-0.15, -0.1) is 0 Å². The zero-order valence-corrected chi connectivity index (χ0v) is 12.2. The molecular weight excluding hydrogens is 246 g/mol. The van der Waals surface area contributed by atoms with Gasteiger partial charge in [0.25, 0.3) is 0 Å². The molecule has 0 bridgehead atoms. The van der Waals surface area contributed by atoms with E-state index in [1.165, 1.54) is 63.8 Å². The molecule has 2 rings (SSSR count). The van der Waals surface area contributed by atoms with Crippen molar-refractivity contribution < 1.29 is 9.53 Å². The molecule has 18 heavy (non-hydrogen) atoms. The number of nitrogens with one attached hydrogen (secondary N) is 1. The summed E-state index contributed by atoms with van der Waals surface area (Å²) in [5, 5.41) is 3.39. The smallest absolute Gasteiger partial charge is 0.367 e. The van der Waals surface area contributed by atoms with Crippen LogP contribution in [-0.2, 0) is 4.74 Å². The Morgan fingerprint density at radius 3 is 2.50 bits per heavy atom. The van der Waals surface area contributed by atoms with Gasteiger partial charge in [-0.1, -0.05) is 25.7 Å². The van der Waals surface area contributed by atoms with Crippen molar-refractivity contribution in [2.24, 2.45) is 5.92 Å². The molecule has 1 aliphatic heterocycles. The highest BCUT2D eigenvalue weighted by Gasteiger charge is 2.42. The molecule has 1 N–H and O–H groups in total. The number of carbonyl (C=O) groups is 1. The number of thioether (sulfide) groups is 1. The summed E-state index contributed by atoms with van der Waals surface area (Å²) < 4.78 is 4.99. The number of piperidine rings is 1. The van der Waals surface area contributed by atoms with E-state index in [0.29, 0.717) is 5.92 Å². The lowest BCUT2D eigenvalue weighted by atomic mass is 9.80. The number of hydrogen-bond acceptors (Lipinski definition) is 4. The second kappa shape index (κ2) is 6.80. The van der Waals surface area contributed by atoms with Crippen LogP contribution in [0.25, 0.3) is 0 Å². The van der Waals surface area contributed by atoms with E-state index in [1.807, 2.05) is 0 Å². The highest BCUT2D eigenvalue weighted by Crippen LogP contribution is 2.45. The molecule has 0 aromatic heterocycles. The molecule has 3 nitrogen and oxygen atoms in total. The highest BCUT2D eigenvalue weighted by atomic mass is 32.2. The Morgan fingerprint density at radius 2 is 1.94 bits per heavy atom. The van der Waals surface area contributed by atoms with E-state index in [4.69, 9.17) is 4.74 Å². The van der Waals surface area contributed by atoms with Crippen LogP contribution in [0.2, 0.25) is 0 Å².